The molecule has 0 rings (SSSR count). The molecule has 4 heteroatoms. The van der Waals surface area contributed by atoms with E-state index < -0.39 is 0 Å². The van der Waals surface area contributed by atoms with Gasteiger partial charge in [-0.15, -0.1) is 0 Å². The van der Waals surface area contributed by atoms with Gasteiger partial charge in [0.15, 0.2) is 0 Å². The number of rotatable bonds is 0. The van der Waals surface area contributed by atoms with Crippen LogP contribution in [0.2, 0.25) is 0 Å². The summed E-state index contributed by atoms with van der Waals surface area (Å²) in [6.45, 7) is 0. The van der Waals surface area contributed by atoms with Gasteiger partial charge in [0.1, 0.15) is 0 Å². The Morgan fingerprint density at radius 3 is 1.75 bits per heavy atom. The standard InChI is InChI=1S/Cu.Fe.S2/c;;1-2. The van der Waals surface area contributed by atoms with Crippen molar-refractivity contribution < 1.29 is 31.5 Å². The molecule has 0 aliphatic carbocycles. The van der Waals surface area contributed by atoms with Crippen molar-refractivity contribution in [3.05, 3.63) is 0 Å². The molecular weight excluding hydrogens is 184 g/mol. The first-order chi connectivity index (χ1) is 1.41. The Bertz CT molecular complexity index is 27.0. The van der Waals surface area contributed by atoms with Crippen LogP contribution in [-0.2, 0) is 50.9 Å². The van der Waals surface area contributed by atoms with Gasteiger partial charge in [-0.25, -0.2) is 0 Å². The maximum absolute atomic E-state index is 4.20. The molecule has 0 saturated heterocycles. The zero-order chi connectivity index (χ0) is 2.71. The van der Waals surface area contributed by atoms with Gasteiger partial charge in [-0.3, -0.25) is 0 Å². The summed E-state index contributed by atoms with van der Waals surface area (Å²) in [5.41, 5.74) is 0. The monoisotopic (exact) mass is 183 g/mol. The Hall–Kier alpha value is 1.48. The van der Waals surface area contributed by atoms with Gasteiger partial charge in [0.2, 0.25) is 0 Å². The molecule has 0 heterocycles. The summed E-state index contributed by atoms with van der Waals surface area (Å²) in [6, 6.07) is 0. The Morgan fingerprint density at radius 2 is 1.75 bits per heavy atom. The largest absolute Gasteiger partial charge is 0 e. The molecule has 0 spiro atoms. The SMILES string of the molecule is S=[S]=[Fe].[Cu]. The minimum atomic E-state index is 0. The molecule has 0 atom stereocenters. The third-order valence-electron chi connectivity index (χ3n) is 0. The molecule has 0 amide bonds. The Kier molecular flexibility index (Phi) is 20.0. The molecule has 0 aromatic rings. The van der Waals surface area contributed by atoms with E-state index in [2.05, 4.69) is 25.6 Å². The van der Waals surface area contributed by atoms with Crippen molar-refractivity contribution >= 4 is 19.4 Å². The summed E-state index contributed by atoms with van der Waals surface area (Å²) in [5.74, 6) is 0. The second-order valence-corrected chi connectivity index (χ2v) is 2.19. The first-order valence-electron chi connectivity index (χ1n) is 0.311. The predicted molar refractivity (Wildman–Crippen MR) is 14.7 cm³/mol. The van der Waals surface area contributed by atoms with E-state index in [4.69, 9.17) is 0 Å². The molecule has 0 aromatic carbocycles. The summed E-state index contributed by atoms with van der Waals surface area (Å²) in [5, 5.41) is 0. The molecule has 0 unspecified atom stereocenters. The molecular formula is CuFeS2. The van der Waals surface area contributed by atoms with E-state index >= 15 is 0 Å². The summed E-state index contributed by atoms with van der Waals surface area (Å²) in [7, 11) is 1.08. The van der Waals surface area contributed by atoms with Crippen LogP contribution in [0.4, 0.5) is 0 Å². The van der Waals surface area contributed by atoms with Crippen LogP contribution in [0.1, 0.15) is 0 Å². The van der Waals surface area contributed by atoms with E-state index in [1.807, 2.05) is 0 Å². The van der Waals surface area contributed by atoms with Crippen molar-refractivity contribution in [1.29, 1.82) is 0 Å². The molecule has 1 radical (unpaired) electrons. The van der Waals surface area contributed by atoms with E-state index in [1.165, 1.54) is 0 Å². The number of hydrogen-bond acceptors (Lipinski definition) is 1. The molecule has 4 heavy (non-hydrogen) atoms. The van der Waals surface area contributed by atoms with Crippen LogP contribution in [0.25, 0.3) is 0 Å². The average Bonchev–Trinajstić information content (AvgIpc) is 0.918. The Morgan fingerprint density at radius 1 is 1.75 bits per heavy atom. The summed E-state index contributed by atoms with van der Waals surface area (Å²) in [6.07, 6.45) is 0. The topological polar surface area (TPSA) is 0 Å². The second kappa shape index (κ2) is 8.82. The van der Waals surface area contributed by atoms with Gasteiger partial charge in [0.25, 0.3) is 0 Å². The molecule has 0 aliphatic rings. The van der Waals surface area contributed by atoms with Gasteiger partial charge in [-0.2, -0.15) is 0 Å². The number of hydrogen-bond donors (Lipinski definition) is 0. The Labute approximate surface area is 50.7 Å². The van der Waals surface area contributed by atoms with Gasteiger partial charge in [-0.05, 0) is 0 Å². The maximum Gasteiger partial charge on any atom is 0 e. The van der Waals surface area contributed by atoms with Gasteiger partial charge in [-0.1, -0.05) is 0 Å². The van der Waals surface area contributed by atoms with Gasteiger partial charge in [0, 0.05) is 17.1 Å². The fraction of sp³-hybridized carbons (Fsp3) is 0. The molecule has 0 N–H and O–H groups in total. The summed E-state index contributed by atoms with van der Waals surface area (Å²) < 4.78 is 0. The smallest absolute Gasteiger partial charge is 0 e. The van der Waals surface area contributed by atoms with Crippen LogP contribution in [0.5, 0.6) is 0 Å². The van der Waals surface area contributed by atoms with Crippen molar-refractivity contribution in [2.24, 2.45) is 0 Å². The quantitative estimate of drug-likeness (QED) is 0.476. The van der Waals surface area contributed by atoms with E-state index in [0.29, 0.717) is 0 Å². The van der Waals surface area contributed by atoms with Gasteiger partial charge < -0.3 is 0 Å². The Balaban J connectivity index is 0. The second-order valence-electron chi connectivity index (χ2n) is 0.0589. The van der Waals surface area contributed by atoms with E-state index in [1.54, 1.807) is 0 Å². The average molecular weight is 184 g/mol. The molecule has 0 saturated carbocycles. The predicted octanol–water partition coefficient (Wildman–Crippen LogP) is -0.00980. The summed E-state index contributed by atoms with van der Waals surface area (Å²) in [4.78, 5) is 0. The van der Waals surface area contributed by atoms with Crippen LogP contribution in [0.3, 0.4) is 0 Å². The zero-order valence-corrected chi connectivity index (χ0v) is 5.15. The molecule has 0 aliphatic heterocycles. The molecule has 0 nitrogen and oxygen atoms in total. The fourth-order valence-electron chi connectivity index (χ4n) is 0. The van der Waals surface area contributed by atoms with Crippen LogP contribution >= 0.6 is 0 Å². The van der Waals surface area contributed by atoms with E-state index in [9.17, 15) is 0 Å². The first kappa shape index (κ1) is 9.08. The van der Waals surface area contributed by atoms with Crippen LogP contribution < -0.4 is 0 Å². The van der Waals surface area contributed by atoms with E-state index in [0.717, 1.165) is 8.24 Å². The molecule has 0 fully saturated rings. The fourth-order valence-corrected chi connectivity index (χ4v) is 0. The van der Waals surface area contributed by atoms with Gasteiger partial charge >= 0.3 is 33.8 Å². The molecule has 0 aromatic heterocycles. The van der Waals surface area contributed by atoms with Crippen molar-refractivity contribution in [2.75, 3.05) is 0 Å². The van der Waals surface area contributed by atoms with Gasteiger partial charge in [0.05, 0.1) is 0 Å². The van der Waals surface area contributed by atoms with Crippen molar-refractivity contribution in [3.63, 3.8) is 0 Å². The minimum Gasteiger partial charge on any atom is 0 e. The normalized spacial score (nSPS) is 3.25. The van der Waals surface area contributed by atoms with Crippen LogP contribution in [0, 0.1) is 0 Å². The van der Waals surface area contributed by atoms with Crippen molar-refractivity contribution in [1.82, 2.24) is 0 Å². The molecule has 31 valence electrons. The molecule has 0 bridgehead atoms. The first-order valence-corrected chi connectivity index (χ1v) is 3.29. The third-order valence-corrected chi connectivity index (χ3v) is 0. The van der Waals surface area contributed by atoms with Crippen molar-refractivity contribution in [2.45, 2.75) is 0 Å². The summed E-state index contributed by atoms with van der Waals surface area (Å²) >= 11 is 7.42. The third kappa shape index (κ3) is 9.77. The zero-order valence-electron chi connectivity index (χ0n) is 1.47. The maximum atomic E-state index is 4.20. The minimum absolute atomic E-state index is 0. The van der Waals surface area contributed by atoms with Crippen LogP contribution in [0.15, 0.2) is 0 Å². The van der Waals surface area contributed by atoms with Crippen LogP contribution in [-0.4, -0.2) is 0 Å². The van der Waals surface area contributed by atoms with E-state index in [-0.39, 0.29) is 17.1 Å². The van der Waals surface area contributed by atoms with Crippen molar-refractivity contribution in [3.8, 4) is 0 Å².